The van der Waals surface area contributed by atoms with Crippen molar-refractivity contribution in [2.24, 2.45) is 0 Å². The van der Waals surface area contributed by atoms with Gasteiger partial charge in [-0.15, -0.1) is 0 Å². The van der Waals surface area contributed by atoms with Gasteiger partial charge >= 0.3 is 0 Å². The summed E-state index contributed by atoms with van der Waals surface area (Å²) in [5.41, 5.74) is 33.8. The van der Waals surface area contributed by atoms with Gasteiger partial charge in [-0.05, 0) is 276 Å². The normalized spacial score (nSPS) is 22.4. The van der Waals surface area contributed by atoms with Crippen molar-refractivity contribution in [2.45, 2.75) is 271 Å². The highest BCUT2D eigenvalue weighted by Gasteiger charge is 2.51. The predicted octanol–water partition coefficient (Wildman–Crippen LogP) is 21.6. The fraction of sp³-hybridized carbons (Fsp3) is 0.500. The van der Waals surface area contributed by atoms with Gasteiger partial charge in [-0.25, -0.2) is 0 Å². The standard InChI is InChI=1S/C84H104BN3/c1-51-40-57-62(81(15,16)36-32-76(57,5)6)47-68(51)86(53-26-24-23-25-27-53)55-43-72-74-73(44-55)88(69-48-63-58(41-52(69)2)77(7,8)33-37-82(63,17)18)71-50-65-61(80(13,14)35-39-84(65,21)22)46-67(71)85(74)66-45-60-64(83(19,20)38-34-79(60,11)12)49-70(66)87(72)54-28-29-56-59(42-54)78(9,10)31-30-75(56,3)4/h23-29,40-50H,30-39H2,1-22H3. The van der Waals surface area contributed by atoms with Crippen LogP contribution in [-0.2, 0) is 54.1 Å². The van der Waals surface area contributed by atoms with Crippen LogP contribution < -0.4 is 31.1 Å². The number of nitrogens with zero attached hydrogens (tertiary/aromatic N) is 3. The molecule has 0 unspecified atom stereocenters. The van der Waals surface area contributed by atoms with Crippen molar-refractivity contribution in [3.05, 3.63) is 176 Å². The van der Waals surface area contributed by atoms with Crippen LogP contribution in [0.2, 0.25) is 0 Å². The molecule has 0 saturated carbocycles. The van der Waals surface area contributed by atoms with Crippen molar-refractivity contribution >= 4 is 74.3 Å². The zero-order valence-corrected chi connectivity index (χ0v) is 58.4. The third kappa shape index (κ3) is 8.82. The van der Waals surface area contributed by atoms with Crippen molar-refractivity contribution in [3.8, 4) is 0 Å². The summed E-state index contributed by atoms with van der Waals surface area (Å²) in [7, 11) is 0. The second-order valence-electron chi connectivity index (χ2n) is 36.0. The predicted molar refractivity (Wildman–Crippen MR) is 381 cm³/mol. The number of fused-ring (bicyclic) bond motifs is 9. The SMILES string of the molecule is Cc1cc2c(cc1N(c1ccccc1)c1cc3c4c(c1)N(c1cc5c(cc1C)C(C)(C)CCC5(C)C)c1cc5c(cc1B4c1cc4c(cc1N3c1ccc3c(c1)C(C)(C)CCC3(C)C)C(C)(C)CCC4(C)C)C(C)(C)CCC5(C)C)C(C)(C)CCC2(C)C. The van der Waals surface area contributed by atoms with Gasteiger partial charge in [0.25, 0.3) is 6.71 Å². The first-order valence-electron chi connectivity index (χ1n) is 34.3. The summed E-state index contributed by atoms with van der Waals surface area (Å²) in [6.07, 6.45) is 11.7. The number of hydrogen-bond donors (Lipinski definition) is 0. The van der Waals surface area contributed by atoms with E-state index in [4.69, 9.17) is 0 Å². The largest absolute Gasteiger partial charge is 0.311 e. The van der Waals surface area contributed by atoms with Crippen LogP contribution >= 0.6 is 0 Å². The lowest BCUT2D eigenvalue weighted by Gasteiger charge is -2.50. The highest BCUT2D eigenvalue weighted by Crippen LogP contribution is 2.58. The van der Waals surface area contributed by atoms with Crippen LogP contribution in [0.15, 0.2) is 109 Å². The molecular weight excluding hydrogens is 1060 g/mol. The molecule has 7 aromatic carbocycles. The van der Waals surface area contributed by atoms with Gasteiger partial charge < -0.3 is 14.7 Å². The molecule has 0 atom stereocenters. The van der Waals surface area contributed by atoms with Crippen LogP contribution in [0.4, 0.5) is 51.2 Å². The molecule has 5 aliphatic carbocycles. The first kappa shape index (κ1) is 59.6. The lowest BCUT2D eigenvalue weighted by Crippen LogP contribution is -2.62. The van der Waals surface area contributed by atoms with Crippen LogP contribution in [0.1, 0.15) is 269 Å². The third-order valence-corrected chi connectivity index (χ3v) is 25.2. The van der Waals surface area contributed by atoms with E-state index in [1.807, 2.05) is 0 Å². The fourth-order valence-electron chi connectivity index (χ4n) is 18.4. The van der Waals surface area contributed by atoms with Gasteiger partial charge in [0, 0.05) is 45.5 Å². The maximum Gasteiger partial charge on any atom is 0.252 e. The molecule has 0 radical (unpaired) electrons. The Bertz CT molecular complexity index is 4090. The molecule has 0 amide bonds. The van der Waals surface area contributed by atoms with E-state index >= 15 is 0 Å². The third-order valence-electron chi connectivity index (χ3n) is 25.2. The zero-order chi connectivity index (χ0) is 63.0. The van der Waals surface area contributed by atoms with E-state index in [2.05, 4.69) is 276 Å². The van der Waals surface area contributed by atoms with Gasteiger partial charge in [-0.2, -0.15) is 0 Å². The van der Waals surface area contributed by atoms with Crippen LogP contribution in [0.25, 0.3) is 0 Å². The molecule has 0 N–H and O–H groups in total. The van der Waals surface area contributed by atoms with E-state index in [1.54, 1.807) is 0 Å². The molecule has 3 nitrogen and oxygen atoms in total. The summed E-state index contributed by atoms with van der Waals surface area (Å²) < 4.78 is 0. The van der Waals surface area contributed by atoms with Crippen LogP contribution in [0, 0.1) is 13.8 Å². The van der Waals surface area contributed by atoms with Crippen molar-refractivity contribution in [1.29, 1.82) is 0 Å². The van der Waals surface area contributed by atoms with Crippen molar-refractivity contribution in [2.75, 3.05) is 14.7 Å². The first-order chi connectivity index (χ1) is 40.9. The molecule has 2 aliphatic heterocycles. The van der Waals surface area contributed by atoms with Crippen molar-refractivity contribution in [1.82, 2.24) is 0 Å². The molecule has 0 saturated heterocycles. The van der Waals surface area contributed by atoms with Gasteiger partial charge in [0.2, 0.25) is 0 Å². The Morgan fingerprint density at radius 3 is 1.08 bits per heavy atom. The minimum atomic E-state index is -0.0335. The van der Waals surface area contributed by atoms with Crippen LogP contribution in [0.3, 0.4) is 0 Å². The summed E-state index contributed by atoms with van der Waals surface area (Å²) in [4.78, 5) is 8.31. The average molecular weight is 1170 g/mol. The summed E-state index contributed by atoms with van der Waals surface area (Å²) >= 11 is 0. The summed E-state index contributed by atoms with van der Waals surface area (Å²) in [6.45, 7) is 55.0. The Labute approximate surface area is 532 Å². The lowest BCUT2D eigenvalue weighted by atomic mass is 9.32. The van der Waals surface area contributed by atoms with E-state index < -0.39 is 0 Å². The molecular formula is C84H104BN3. The van der Waals surface area contributed by atoms with Gasteiger partial charge in [-0.1, -0.05) is 187 Å². The van der Waals surface area contributed by atoms with E-state index in [0.717, 1.165) is 32.1 Å². The maximum atomic E-state index is 2.83. The Morgan fingerprint density at radius 2 is 0.636 bits per heavy atom. The first-order valence-corrected chi connectivity index (χ1v) is 34.3. The molecule has 7 aromatic rings. The molecule has 2 heterocycles. The second kappa shape index (κ2) is 18.8. The quantitative estimate of drug-likeness (QED) is 0.159. The fourth-order valence-corrected chi connectivity index (χ4v) is 18.4. The molecule has 4 heteroatoms. The summed E-state index contributed by atoms with van der Waals surface area (Å²) in [5, 5.41) is 0. The molecule has 88 heavy (non-hydrogen) atoms. The highest BCUT2D eigenvalue weighted by atomic mass is 15.2. The van der Waals surface area contributed by atoms with E-state index in [1.165, 1.54) is 166 Å². The van der Waals surface area contributed by atoms with Gasteiger partial charge in [0.15, 0.2) is 0 Å². The number of anilines is 9. The van der Waals surface area contributed by atoms with E-state index in [-0.39, 0.29) is 60.9 Å². The topological polar surface area (TPSA) is 9.72 Å². The Morgan fingerprint density at radius 1 is 0.295 bits per heavy atom. The Kier molecular flexibility index (Phi) is 12.7. The molecule has 0 fully saturated rings. The average Bonchev–Trinajstić information content (AvgIpc) is 0.693. The molecule has 0 aromatic heterocycles. The lowest BCUT2D eigenvalue weighted by molar-refractivity contribution is 0.331. The van der Waals surface area contributed by atoms with Crippen LogP contribution in [0.5, 0.6) is 0 Å². The number of rotatable bonds is 5. The number of benzene rings is 7. The number of para-hydroxylation sites is 1. The van der Waals surface area contributed by atoms with Gasteiger partial charge in [-0.3, -0.25) is 0 Å². The molecule has 7 aliphatic rings. The number of hydrogen-bond acceptors (Lipinski definition) is 3. The molecule has 14 rings (SSSR count). The Balaban J connectivity index is 1.18. The van der Waals surface area contributed by atoms with Gasteiger partial charge in [0.1, 0.15) is 0 Å². The summed E-state index contributed by atoms with van der Waals surface area (Å²) in [5.74, 6) is 0. The molecule has 0 bridgehead atoms. The summed E-state index contributed by atoms with van der Waals surface area (Å²) in [6, 6.07) is 46.0. The zero-order valence-electron chi connectivity index (χ0n) is 58.4. The molecule has 458 valence electrons. The maximum absolute atomic E-state index is 2.83. The van der Waals surface area contributed by atoms with E-state index in [0.29, 0.717) is 0 Å². The van der Waals surface area contributed by atoms with Crippen LogP contribution in [-0.4, -0.2) is 6.71 Å². The number of aryl methyl sites for hydroxylation is 2. The Hall–Kier alpha value is -6.00. The second-order valence-corrected chi connectivity index (χ2v) is 36.0. The minimum Gasteiger partial charge on any atom is -0.311 e. The monoisotopic (exact) mass is 1170 g/mol. The highest BCUT2D eigenvalue weighted by molar-refractivity contribution is 7.00. The van der Waals surface area contributed by atoms with E-state index in [9.17, 15) is 0 Å². The van der Waals surface area contributed by atoms with Gasteiger partial charge in [0.05, 0.1) is 5.69 Å². The smallest absolute Gasteiger partial charge is 0.252 e. The minimum absolute atomic E-state index is 0.000594. The van der Waals surface area contributed by atoms with Crippen molar-refractivity contribution < 1.29 is 0 Å². The van der Waals surface area contributed by atoms with Crippen molar-refractivity contribution in [3.63, 3.8) is 0 Å². The molecule has 0 spiro atoms.